The maximum absolute atomic E-state index is 12.6. The number of rotatable bonds is 3. The molecule has 0 aromatic heterocycles. The topological polar surface area (TPSA) is 98.2 Å². The molecule has 112 valence electrons. The molecule has 2 heterocycles. The van der Waals surface area contributed by atoms with Crippen LogP contribution in [0.4, 0.5) is 4.79 Å². The van der Waals surface area contributed by atoms with E-state index in [1.54, 1.807) is 4.90 Å². The Balaban J connectivity index is 1.99. The summed E-state index contributed by atoms with van der Waals surface area (Å²) in [6.45, 7) is 1.62. The second kappa shape index (κ2) is 5.68. The normalized spacial score (nSPS) is 22.1. The van der Waals surface area contributed by atoms with Crippen LogP contribution < -0.4 is 0 Å². The Hall–Kier alpha value is -1.79. The highest BCUT2D eigenvalue weighted by atomic mass is 16.4. The van der Waals surface area contributed by atoms with Crippen LogP contribution in [0.3, 0.4) is 0 Å². The predicted molar refractivity (Wildman–Crippen MR) is 69.3 cm³/mol. The van der Waals surface area contributed by atoms with Crippen molar-refractivity contribution in [2.75, 3.05) is 26.2 Å². The molecule has 0 aromatic carbocycles. The fourth-order valence-corrected chi connectivity index (χ4v) is 3.19. The third kappa shape index (κ3) is 2.86. The Labute approximate surface area is 117 Å². The van der Waals surface area contributed by atoms with Crippen molar-refractivity contribution in [3.8, 4) is 0 Å². The molecule has 2 fully saturated rings. The minimum absolute atomic E-state index is 0.00930. The quantitative estimate of drug-likeness (QED) is 0.800. The zero-order valence-electron chi connectivity index (χ0n) is 11.4. The molecule has 0 aliphatic carbocycles. The van der Waals surface area contributed by atoms with Gasteiger partial charge in [0, 0.05) is 26.2 Å². The Kier molecular flexibility index (Phi) is 4.15. The van der Waals surface area contributed by atoms with Crippen molar-refractivity contribution in [2.24, 2.45) is 5.41 Å². The molecule has 0 aromatic rings. The number of carbonyl (C=O) groups excluding carboxylic acids is 1. The highest BCUT2D eigenvalue weighted by molar-refractivity contribution is 5.84. The van der Waals surface area contributed by atoms with Gasteiger partial charge in [0.15, 0.2) is 0 Å². The van der Waals surface area contributed by atoms with E-state index >= 15 is 0 Å². The Morgan fingerprint density at radius 3 is 2.30 bits per heavy atom. The fourth-order valence-electron chi connectivity index (χ4n) is 3.19. The maximum atomic E-state index is 12.6. The second-order valence-electron chi connectivity index (χ2n) is 5.59. The van der Waals surface area contributed by atoms with Gasteiger partial charge in [-0.3, -0.25) is 9.59 Å². The molecule has 2 amide bonds. The van der Waals surface area contributed by atoms with Gasteiger partial charge in [0.1, 0.15) is 0 Å². The molecule has 0 saturated carbocycles. The third-order valence-electron chi connectivity index (χ3n) is 4.41. The lowest BCUT2D eigenvalue weighted by molar-refractivity contribution is -0.150. The lowest BCUT2D eigenvalue weighted by Crippen LogP contribution is -2.54. The molecule has 1 spiro atoms. The fraction of sp³-hybridized carbons (Fsp3) is 0.769. The van der Waals surface area contributed by atoms with Gasteiger partial charge in [0.25, 0.3) is 0 Å². The van der Waals surface area contributed by atoms with Crippen LogP contribution in [0.1, 0.15) is 32.1 Å². The summed E-state index contributed by atoms with van der Waals surface area (Å²) in [5, 5.41) is 17.7. The van der Waals surface area contributed by atoms with Crippen LogP contribution in [0.2, 0.25) is 0 Å². The molecule has 0 atom stereocenters. The molecule has 2 saturated heterocycles. The van der Waals surface area contributed by atoms with Crippen LogP contribution in [-0.4, -0.2) is 64.2 Å². The summed E-state index contributed by atoms with van der Waals surface area (Å²) < 4.78 is 0. The summed E-state index contributed by atoms with van der Waals surface area (Å²) in [6, 6.07) is 0. The minimum atomic E-state index is -0.939. The number of likely N-dealkylation sites (tertiary alicyclic amines) is 2. The van der Waals surface area contributed by atoms with E-state index in [4.69, 9.17) is 10.2 Å². The van der Waals surface area contributed by atoms with Gasteiger partial charge >= 0.3 is 12.1 Å². The Morgan fingerprint density at radius 2 is 1.75 bits per heavy atom. The molecular weight excluding hydrogens is 264 g/mol. The van der Waals surface area contributed by atoms with Gasteiger partial charge in [-0.2, -0.15) is 0 Å². The third-order valence-corrected chi connectivity index (χ3v) is 4.41. The van der Waals surface area contributed by atoms with E-state index in [0.29, 0.717) is 32.5 Å². The van der Waals surface area contributed by atoms with Gasteiger partial charge in [0.05, 0.1) is 11.8 Å². The molecule has 2 rings (SSSR count). The van der Waals surface area contributed by atoms with Crippen molar-refractivity contribution in [3.05, 3.63) is 0 Å². The number of aliphatic carboxylic acids is 1. The maximum Gasteiger partial charge on any atom is 0.407 e. The molecule has 2 N–H and O–H groups in total. The van der Waals surface area contributed by atoms with E-state index in [1.807, 2.05) is 0 Å². The molecular formula is C13H20N2O5. The Bertz CT molecular complexity index is 415. The standard InChI is InChI=1S/C13H20N2O5/c16-10(17)2-7-14-6-1-3-13(11(14)18)4-8-15(9-5-13)12(19)20/h1-9H2,(H,16,17)(H,19,20). The number of hydrogen-bond donors (Lipinski definition) is 2. The van der Waals surface area contributed by atoms with Crippen molar-refractivity contribution in [1.29, 1.82) is 0 Å². The van der Waals surface area contributed by atoms with Gasteiger partial charge in [-0.25, -0.2) is 4.79 Å². The Morgan fingerprint density at radius 1 is 1.10 bits per heavy atom. The number of hydrogen-bond acceptors (Lipinski definition) is 3. The van der Waals surface area contributed by atoms with Crippen molar-refractivity contribution in [1.82, 2.24) is 9.80 Å². The van der Waals surface area contributed by atoms with Gasteiger partial charge in [-0.15, -0.1) is 0 Å². The van der Waals surface area contributed by atoms with Gasteiger partial charge in [0.2, 0.25) is 5.91 Å². The molecule has 7 heteroatoms. The first-order chi connectivity index (χ1) is 9.44. The van der Waals surface area contributed by atoms with E-state index in [2.05, 4.69) is 0 Å². The lowest BCUT2D eigenvalue weighted by Gasteiger charge is -2.45. The molecule has 0 unspecified atom stereocenters. The number of carbonyl (C=O) groups is 3. The summed E-state index contributed by atoms with van der Waals surface area (Å²) in [7, 11) is 0. The highest BCUT2D eigenvalue weighted by Crippen LogP contribution is 2.40. The SMILES string of the molecule is O=C(O)CCN1CCCC2(CCN(C(=O)O)CC2)C1=O. The average Bonchev–Trinajstić information content (AvgIpc) is 2.41. The van der Waals surface area contributed by atoms with Gasteiger partial charge in [-0.05, 0) is 25.7 Å². The van der Waals surface area contributed by atoms with Gasteiger partial charge < -0.3 is 20.0 Å². The van der Waals surface area contributed by atoms with Gasteiger partial charge in [-0.1, -0.05) is 0 Å². The highest BCUT2D eigenvalue weighted by Gasteiger charge is 2.46. The monoisotopic (exact) mass is 284 g/mol. The smallest absolute Gasteiger partial charge is 0.407 e. The molecule has 2 aliphatic heterocycles. The van der Waals surface area contributed by atoms with E-state index < -0.39 is 17.5 Å². The second-order valence-corrected chi connectivity index (χ2v) is 5.59. The number of piperidine rings is 2. The van der Waals surface area contributed by atoms with Crippen molar-refractivity contribution >= 4 is 18.0 Å². The van der Waals surface area contributed by atoms with E-state index in [1.165, 1.54) is 4.90 Å². The first-order valence-corrected chi connectivity index (χ1v) is 6.94. The number of amides is 2. The van der Waals surface area contributed by atoms with Crippen LogP contribution in [0.25, 0.3) is 0 Å². The van der Waals surface area contributed by atoms with Crippen LogP contribution >= 0.6 is 0 Å². The number of carboxylic acid groups (broad SMARTS) is 2. The van der Waals surface area contributed by atoms with Crippen LogP contribution in [-0.2, 0) is 9.59 Å². The van der Waals surface area contributed by atoms with E-state index in [0.717, 1.165) is 12.8 Å². The summed E-state index contributed by atoms with van der Waals surface area (Å²) >= 11 is 0. The van der Waals surface area contributed by atoms with Crippen LogP contribution in [0.15, 0.2) is 0 Å². The van der Waals surface area contributed by atoms with E-state index in [-0.39, 0.29) is 18.9 Å². The number of nitrogens with zero attached hydrogens (tertiary/aromatic N) is 2. The zero-order valence-corrected chi connectivity index (χ0v) is 11.4. The van der Waals surface area contributed by atoms with Crippen LogP contribution in [0.5, 0.6) is 0 Å². The van der Waals surface area contributed by atoms with Crippen molar-refractivity contribution in [2.45, 2.75) is 32.1 Å². The first kappa shape index (κ1) is 14.6. The predicted octanol–water partition coefficient (Wildman–Crippen LogP) is 0.844. The molecule has 20 heavy (non-hydrogen) atoms. The van der Waals surface area contributed by atoms with Crippen LogP contribution in [0, 0.1) is 5.41 Å². The van der Waals surface area contributed by atoms with Crippen molar-refractivity contribution in [3.63, 3.8) is 0 Å². The lowest BCUT2D eigenvalue weighted by atomic mass is 9.71. The van der Waals surface area contributed by atoms with E-state index in [9.17, 15) is 14.4 Å². The summed E-state index contributed by atoms with van der Waals surface area (Å²) in [5.74, 6) is -0.895. The summed E-state index contributed by atoms with van der Waals surface area (Å²) in [4.78, 5) is 37.1. The molecule has 0 bridgehead atoms. The number of carboxylic acids is 1. The minimum Gasteiger partial charge on any atom is -0.481 e. The largest absolute Gasteiger partial charge is 0.481 e. The average molecular weight is 284 g/mol. The first-order valence-electron chi connectivity index (χ1n) is 6.94. The molecule has 2 aliphatic rings. The summed E-state index contributed by atoms with van der Waals surface area (Å²) in [6.07, 6.45) is 1.75. The zero-order chi connectivity index (χ0) is 14.8. The molecule has 0 radical (unpaired) electrons. The summed E-state index contributed by atoms with van der Waals surface area (Å²) in [5.41, 5.74) is -0.470. The van der Waals surface area contributed by atoms with Crippen molar-refractivity contribution < 1.29 is 24.6 Å². The molecule has 7 nitrogen and oxygen atoms in total.